The molecule has 0 aliphatic carbocycles. The first kappa shape index (κ1) is 31.1. The number of ether oxygens (including phenoxy) is 2. The predicted molar refractivity (Wildman–Crippen MR) is 166 cm³/mol. The van der Waals surface area contributed by atoms with Crippen LogP contribution in [0.3, 0.4) is 0 Å². The number of nitrogens with zero attached hydrogens (tertiary/aromatic N) is 3. The first-order valence-electron chi connectivity index (χ1n) is 14.4. The van der Waals surface area contributed by atoms with Crippen LogP contribution in [0.2, 0.25) is 0 Å². The number of amides is 2. The van der Waals surface area contributed by atoms with Gasteiger partial charge in [-0.05, 0) is 68.7 Å². The summed E-state index contributed by atoms with van der Waals surface area (Å²) < 4.78 is 53.5. The zero-order chi connectivity index (χ0) is 31.5. The van der Waals surface area contributed by atoms with Crippen LogP contribution in [-0.4, -0.2) is 47.7 Å². The van der Waals surface area contributed by atoms with Crippen LogP contribution in [0, 0.1) is 12.7 Å². The summed E-state index contributed by atoms with van der Waals surface area (Å²) in [4.78, 5) is 17.3. The van der Waals surface area contributed by atoms with Crippen LogP contribution in [0.4, 0.5) is 20.7 Å². The third-order valence-corrected chi connectivity index (χ3v) is 8.95. The van der Waals surface area contributed by atoms with Crippen molar-refractivity contribution in [3.63, 3.8) is 0 Å². The number of rotatable bonds is 9. The third kappa shape index (κ3) is 7.61. The number of halogens is 1. The molecule has 1 atom stereocenters. The molecule has 2 aromatic carbocycles. The fourth-order valence-corrected chi connectivity index (χ4v) is 6.11. The molecule has 2 amide bonds. The highest BCUT2D eigenvalue weighted by molar-refractivity contribution is 7.91. The van der Waals surface area contributed by atoms with Crippen molar-refractivity contribution in [2.45, 2.75) is 63.4 Å². The SMILES string of the molecule is Cc1cc(Oc2ccc(NC(=O)Nc3cc(C(C)(C)C)nn3-c3ccc(S(=O)(=O)CCC4CCCO4)cc3)c(F)c2)ccn1. The largest absolute Gasteiger partial charge is 0.457 e. The van der Waals surface area contributed by atoms with Gasteiger partial charge in [0.1, 0.15) is 23.1 Å². The molecule has 1 aliphatic heterocycles. The van der Waals surface area contributed by atoms with E-state index < -0.39 is 21.7 Å². The van der Waals surface area contributed by atoms with E-state index in [1.807, 2.05) is 27.7 Å². The number of aryl methyl sites for hydroxylation is 1. The highest BCUT2D eigenvalue weighted by Crippen LogP contribution is 2.29. The lowest BCUT2D eigenvalue weighted by atomic mass is 9.92. The molecule has 10 nitrogen and oxygen atoms in total. The van der Waals surface area contributed by atoms with Crippen LogP contribution in [0.5, 0.6) is 11.5 Å². The molecule has 1 unspecified atom stereocenters. The average Bonchev–Trinajstić information content (AvgIpc) is 3.64. The summed E-state index contributed by atoms with van der Waals surface area (Å²) in [6.07, 6.45) is 3.88. The summed E-state index contributed by atoms with van der Waals surface area (Å²) in [7, 11) is -3.49. The van der Waals surface area contributed by atoms with Gasteiger partial charge in [0.25, 0.3) is 0 Å². The summed E-state index contributed by atoms with van der Waals surface area (Å²) in [5.41, 5.74) is 1.62. The van der Waals surface area contributed by atoms with Crippen molar-refractivity contribution in [3.8, 4) is 17.2 Å². The first-order chi connectivity index (χ1) is 20.9. The molecular formula is C32H36FN5O5S. The Kier molecular flexibility index (Phi) is 9.02. The number of hydrogen-bond donors (Lipinski definition) is 2. The van der Waals surface area contributed by atoms with E-state index in [0.29, 0.717) is 36.0 Å². The van der Waals surface area contributed by atoms with Crippen molar-refractivity contribution in [3.05, 3.63) is 84.1 Å². The van der Waals surface area contributed by atoms with Gasteiger partial charge in [0, 0.05) is 42.1 Å². The summed E-state index contributed by atoms with van der Waals surface area (Å²) in [5, 5.41) is 9.96. The topological polar surface area (TPSA) is 124 Å². The lowest BCUT2D eigenvalue weighted by molar-refractivity contribution is 0.109. The van der Waals surface area contributed by atoms with E-state index in [0.717, 1.165) is 18.5 Å². The second-order valence-electron chi connectivity index (χ2n) is 11.8. The monoisotopic (exact) mass is 621 g/mol. The van der Waals surface area contributed by atoms with Crippen molar-refractivity contribution in [2.24, 2.45) is 0 Å². The smallest absolute Gasteiger partial charge is 0.324 e. The maximum absolute atomic E-state index is 14.9. The zero-order valence-corrected chi connectivity index (χ0v) is 25.9. The number of nitrogens with one attached hydrogen (secondary N) is 2. The van der Waals surface area contributed by atoms with E-state index in [9.17, 15) is 17.6 Å². The Labute approximate surface area is 256 Å². The molecule has 2 aromatic heterocycles. The number of hydrogen-bond acceptors (Lipinski definition) is 7. The van der Waals surface area contributed by atoms with Crippen molar-refractivity contribution in [1.82, 2.24) is 14.8 Å². The number of sulfone groups is 1. The molecule has 1 aliphatic rings. The van der Waals surface area contributed by atoms with Gasteiger partial charge < -0.3 is 14.8 Å². The molecule has 1 saturated heterocycles. The van der Waals surface area contributed by atoms with Crippen molar-refractivity contribution in [2.75, 3.05) is 23.0 Å². The van der Waals surface area contributed by atoms with E-state index >= 15 is 0 Å². The van der Waals surface area contributed by atoms with Gasteiger partial charge in [-0.15, -0.1) is 0 Å². The predicted octanol–water partition coefficient (Wildman–Crippen LogP) is 6.79. The van der Waals surface area contributed by atoms with Gasteiger partial charge in [-0.2, -0.15) is 5.10 Å². The second-order valence-corrected chi connectivity index (χ2v) is 13.9. The van der Waals surface area contributed by atoms with Crippen LogP contribution in [-0.2, 0) is 20.0 Å². The maximum Gasteiger partial charge on any atom is 0.324 e. The summed E-state index contributed by atoms with van der Waals surface area (Å²) in [6.45, 7) is 8.46. The molecule has 4 aromatic rings. The van der Waals surface area contributed by atoms with Crippen LogP contribution < -0.4 is 15.4 Å². The van der Waals surface area contributed by atoms with Gasteiger partial charge in [0.05, 0.1) is 33.8 Å². The summed E-state index contributed by atoms with van der Waals surface area (Å²) >= 11 is 0. The Morgan fingerprint density at radius 3 is 2.48 bits per heavy atom. The minimum atomic E-state index is -3.49. The molecule has 0 spiro atoms. The number of pyridine rings is 1. The number of benzene rings is 2. The highest BCUT2D eigenvalue weighted by Gasteiger charge is 2.24. The molecule has 5 rings (SSSR count). The molecule has 0 bridgehead atoms. The average molecular weight is 622 g/mol. The van der Waals surface area contributed by atoms with Crippen molar-refractivity contribution < 1.29 is 27.1 Å². The van der Waals surface area contributed by atoms with Gasteiger partial charge in [0.2, 0.25) is 0 Å². The number of carbonyl (C=O) groups excluding carboxylic acids is 1. The van der Waals surface area contributed by atoms with Crippen molar-refractivity contribution in [1.29, 1.82) is 0 Å². The minimum Gasteiger partial charge on any atom is -0.457 e. The van der Waals surface area contributed by atoms with E-state index in [2.05, 4.69) is 20.7 Å². The number of urea groups is 1. The van der Waals surface area contributed by atoms with Crippen LogP contribution >= 0.6 is 0 Å². The van der Waals surface area contributed by atoms with Crippen LogP contribution in [0.25, 0.3) is 5.69 Å². The molecule has 0 saturated carbocycles. The summed E-state index contributed by atoms with van der Waals surface area (Å²) in [5.74, 6) is 0.442. The normalized spacial score (nSPS) is 15.2. The molecule has 1 fully saturated rings. The Morgan fingerprint density at radius 1 is 1.07 bits per heavy atom. The van der Waals surface area contributed by atoms with E-state index in [1.54, 1.807) is 42.6 Å². The fourth-order valence-electron chi connectivity index (χ4n) is 4.75. The van der Waals surface area contributed by atoms with Gasteiger partial charge in [-0.3, -0.25) is 10.3 Å². The van der Waals surface area contributed by atoms with Crippen molar-refractivity contribution >= 4 is 27.4 Å². The Balaban J connectivity index is 1.31. The van der Waals surface area contributed by atoms with Gasteiger partial charge in [-0.25, -0.2) is 22.3 Å². The number of aromatic nitrogens is 3. The molecule has 0 radical (unpaired) electrons. The number of carbonyl (C=O) groups is 1. The third-order valence-electron chi connectivity index (χ3n) is 7.18. The summed E-state index contributed by atoms with van der Waals surface area (Å²) in [6, 6.07) is 14.9. The molecule has 232 valence electrons. The lowest BCUT2D eigenvalue weighted by Gasteiger charge is -2.14. The van der Waals surface area contributed by atoms with E-state index in [1.165, 1.54) is 28.9 Å². The Bertz CT molecular complexity index is 1740. The lowest BCUT2D eigenvalue weighted by Crippen LogP contribution is -2.22. The van der Waals surface area contributed by atoms with Gasteiger partial charge in [-0.1, -0.05) is 20.8 Å². The standard InChI is InChI=1S/C32H36FN5O5S/c1-21-18-25(13-15-34-21)43-24-9-12-28(27(33)19-24)35-31(39)36-30-20-29(32(2,3)4)37-38(30)22-7-10-26(11-8-22)44(40,41)17-14-23-6-5-16-42-23/h7-13,15,18-20,23H,5-6,14,16-17H2,1-4H3,(H2,35,36,39). The van der Waals surface area contributed by atoms with Gasteiger partial charge >= 0.3 is 6.03 Å². The number of anilines is 2. The fraction of sp³-hybridized carbons (Fsp3) is 0.344. The molecule has 2 N–H and O–H groups in total. The van der Waals surface area contributed by atoms with Crippen LogP contribution in [0.15, 0.2) is 71.8 Å². The highest BCUT2D eigenvalue weighted by atomic mass is 32.2. The zero-order valence-electron chi connectivity index (χ0n) is 25.1. The Hall–Kier alpha value is -4.29. The quantitative estimate of drug-likeness (QED) is 0.211. The second kappa shape index (κ2) is 12.7. The van der Waals surface area contributed by atoms with E-state index in [-0.39, 0.29) is 33.6 Å². The van der Waals surface area contributed by atoms with E-state index in [4.69, 9.17) is 9.47 Å². The molecule has 44 heavy (non-hydrogen) atoms. The van der Waals surface area contributed by atoms with Gasteiger partial charge in [0.15, 0.2) is 9.84 Å². The van der Waals surface area contributed by atoms with Crippen LogP contribution in [0.1, 0.15) is 51.4 Å². The molecular weight excluding hydrogens is 585 g/mol. The molecule has 3 heterocycles. The Morgan fingerprint density at radius 2 is 1.82 bits per heavy atom. The first-order valence-corrected chi connectivity index (χ1v) is 16.1. The minimum absolute atomic E-state index is 0.00695. The molecule has 12 heteroatoms. The maximum atomic E-state index is 14.9.